The molecule has 1 saturated heterocycles. The van der Waals surface area contributed by atoms with E-state index >= 15 is 0 Å². The van der Waals surface area contributed by atoms with E-state index in [1.807, 2.05) is 32.0 Å². The van der Waals surface area contributed by atoms with Gasteiger partial charge in [0, 0.05) is 24.0 Å². The molecule has 2 aromatic rings. The van der Waals surface area contributed by atoms with Gasteiger partial charge in [-0.25, -0.2) is 4.68 Å². The van der Waals surface area contributed by atoms with Crippen molar-refractivity contribution in [3.8, 4) is 0 Å². The Labute approximate surface area is 166 Å². The number of carbonyl (C=O) groups is 1. The van der Waals surface area contributed by atoms with Crippen molar-refractivity contribution in [2.24, 2.45) is 0 Å². The van der Waals surface area contributed by atoms with Crippen molar-refractivity contribution < 1.29 is 4.79 Å². The Balaban J connectivity index is 1.80. The van der Waals surface area contributed by atoms with Crippen molar-refractivity contribution in [1.29, 1.82) is 0 Å². The molecule has 3 rings (SSSR count). The van der Waals surface area contributed by atoms with Gasteiger partial charge in [0.1, 0.15) is 0 Å². The number of aryl methyl sites for hydroxylation is 1. The molecule has 1 unspecified atom stereocenters. The van der Waals surface area contributed by atoms with Crippen LogP contribution in [0.4, 0.5) is 0 Å². The fourth-order valence-corrected chi connectivity index (χ4v) is 3.99. The summed E-state index contributed by atoms with van der Waals surface area (Å²) in [6.45, 7) is 11.4. The molecule has 1 aromatic carbocycles. The average Bonchev–Trinajstić information content (AvgIpc) is 2.72. The average molecular weight is 385 g/mol. The third-order valence-corrected chi connectivity index (χ3v) is 5.91. The standard InChI is InChI=1S/C22H32N4O2/c1-5-26-21(28)18-12-8-7-11-17(18)19(24-26)16(2)20(27)23-15-22(3,4)25-13-9-6-10-14-25/h7-8,11-12,16H,5-6,9-10,13-15H2,1-4H3,(H,23,27). The zero-order valence-electron chi connectivity index (χ0n) is 17.5. The Kier molecular flexibility index (Phi) is 6.18. The molecule has 1 aliphatic rings. The van der Waals surface area contributed by atoms with Crippen LogP contribution in [0.1, 0.15) is 58.6 Å². The summed E-state index contributed by atoms with van der Waals surface area (Å²) in [5.41, 5.74) is 0.471. The first kappa shape index (κ1) is 20.5. The molecular weight excluding hydrogens is 352 g/mol. The van der Waals surface area contributed by atoms with E-state index in [2.05, 4.69) is 29.2 Å². The van der Waals surface area contributed by atoms with Gasteiger partial charge in [-0.1, -0.05) is 24.6 Å². The van der Waals surface area contributed by atoms with Gasteiger partial charge >= 0.3 is 0 Å². The summed E-state index contributed by atoms with van der Waals surface area (Å²) in [6, 6.07) is 7.41. The number of rotatable bonds is 6. The Morgan fingerprint density at radius 2 is 1.82 bits per heavy atom. The lowest BCUT2D eigenvalue weighted by Crippen LogP contribution is -2.53. The quantitative estimate of drug-likeness (QED) is 0.832. The first-order chi connectivity index (χ1) is 13.3. The van der Waals surface area contributed by atoms with Crippen LogP contribution in [0.3, 0.4) is 0 Å². The van der Waals surface area contributed by atoms with Gasteiger partial charge < -0.3 is 5.32 Å². The lowest BCUT2D eigenvalue weighted by molar-refractivity contribution is -0.122. The van der Waals surface area contributed by atoms with E-state index < -0.39 is 5.92 Å². The molecule has 0 saturated carbocycles. The molecule has 0 spiro atoms. The molecule has 1 atom stereocenters. The fourth-order valence-electron chi connectivity index (χ4n) is 3.99. The Bertz CT molecular complexity index is 897. The Hall–Kier alpha value is -2.21. The van der Waals surface area contributed by atoms with Gasteiger partial charge in [-0.05, 0) is 59.7 Å². The van der Waals surface area contributed by atoms with Gasteiger partial charge in [0.25, 0.3) is 5.56 Å². The van der Waals surface area contributed by atoms with Gasteiger partial charge in [0.05, 0.1) is 17.0 Å². The van der Waals surface area contributed by atoms with E-state index in [4.69, 9.17) is 0 Å². The molecule has 28 heavy (non-hydrogen) atoms. The zero-order chi connectivity index (χ0) is 20.3. The maximum absolute atomic E-state index is 12.9. The van der Waals surface area contributed by atoms with Crippen LogP contribution in [-0.2, 0) is 11.3 Å². The second kappa shape index (κ2) is 8.43. The molecule has 6 nitrogen and oxygen atoms in total. The smallest absolute Gasteiger partial charge is 0.274 e. The lowest BCUT2D eigenvalue weighted by atomic mass is 9.97. The summed E-state index contributed by atoms with van der Waals surface area (Å²) in [5.74, 6) is -0.482. The second-order valence-electron chi connectivity index (χ2n) is 8.35. The summed E-state index contributed by atoms with van der Waals surface area (Å²) in [4.78, 5) is 27.9. The molecule has 1 amide bonds. The van der Waals surface area contributed by atoms with Crippen LogP contribution in [0.15, 0.2) is 29.1 Å². The van der Waals surface area contributed by atoms with Crippen LogP contribution in [0.5, 0.6) is 0 Å². The molecule has 1 aliphatic heterocycles. The van der Waals surface area contributed by atoms with E-state index in [1.54, 1.807) is 6.07 Å². The SMILES string of the molecule is CCn1nc(C(C)C(=O)NCC(C)(C)N2CCCCC2)c2ccccc2c1=O. The van der Waals surface area contributed by atoms with E-state index in [0.717, 1.165) is 18.5 Å². The van der Waals surface area contributed by atoms with E-state index in [-0.39, 0.29) is 17.0 Å². The minimum atomic E-state index is -0.430. The topological polar surface area (TPSA) is 67.2 Å². The van der Waals surface area contributed by atoms with Crippen LogP contribution >= 0.6 is 0 Å². The normalized spacial score (nSPS) is 16.9. The first-order valence-corrected chi connectivity index (χ1v) is 10.4. The summed E-state index contributed by atoms with van der Waals surface area (Å²) in [7, 11) is 0. The number of hydrogen-bond donors (Lipinski definition) is 1. The van der Waals surface area contributed by atoms with Crippen LogP contribution in [0, 0.1) is 0 Å². The van der Waals surface area contributed by atoms with Crippen molar-refractivity contribution >= 4 is 16.7 Å². The highest BCUT2D eigenvalue weighted by atomic mass is 16.2. The maximum atomic E-state index is 12.9. The predicted molar refractivity (Wildman–Crippen MR) is 113 cm³/mol. The van der Waals surface area contributed by atoms with E-state index in [9.17, 15) is 9.59 Å². The van der Waals surface area contributed by atoms with Crippen LogP contribution in [0.2, 0.25) is 0 Å². The highest BCUT2D eigenvalue weighted by Crippen LogP contribution is 2.23. The van der Waals surface area contributed by atoms with Crippen molar-refractivity contribution in [2.45, 2.75) is 65.0 Å². The van der Waals surface area contributed by atoms with Gasteiger partial charge in [-0.15, -0.1) is 0 Å². The number of nitrogens with one attached hydrogen (secondary N) is 1. The molecule has 0 bridgehead atoms. The van der Waals surface area contributed by atoms with E-state index in [1.165, 1.54) is 23.9 Å². The fraction of sp³-hybridized carbons (Fsp3) is 0.591. The largest absolute Gasteiger partial charge is 0.354 e. The summed E-state index contributed by atoms with van der Waals surface area (Å²) >= 11 is 0. The summed E-state index contributed by atoms with van der Waals surface area (Å²) in [6.07, 6.45) is 3.74. The molecular formula is C22H32N4O2. The minimum Gasteiger partial charge on any atom is -0.354 e. The Morgan fingerprint density at radius 1 is 1.18 bits per heavy atom. The molecule has 1 N–H and O–H groups in total. The van der Waals surface area contributed by atoms with Crippen LogP contribution in [-0.4, -0.2) is 45.8 Å². The third-order valence-electron chi connectivity index (χ3n) is 5.91. The monoisotopic (exact) mass is 384 g/mol. The van der Waals surface area contributed by atoms with Crippen molar-refractivity contribution in [2.75, 3.05) is 19.6 Å². The van der Waals surface area contributed by atoms with Gasteiger partial charge in [-0.2, -0.15) is 5.10 Å². The predicted octanol–water partition coefficient (Wildman–Crippen LogP) is 2.90. The number of piperidine rings is 1. The number of benzene rings is 1. The maximum Gasteiger partial charge on any atom is 0.274 e. The molecule has 0 aliphatic carbocycles. The minimum absolute atomic E-state index is 0.0518. The number of carbonyl (C=O) groups excluding carboxylic acids is 1. The Morgan fingerprint density at radius 3 is 2.46 bits per heavy atom. The molecule has 2 heterocycles. The van der Waals surface area contributed by atoms with Crippen molar-refractivity contribution in [3.05, 3.63) is 40.3 Å². The van der Waals surface area contributed by atoms with Crippen LogP contribution < -0.4 is 10.9 Å². The molecule has 1 aromatic heterocycles. The first-order valence-electron chi connectivity index (χ1n) is 10.4. The number of nitrogens with zero attached hydrogens (tertiary/aromatic N) is 3. The third kappa shape index (κ3) is 4.12. The summed E-state index contributed by atoms with van der Waals surface area (Å²) in [5, 5.41) is 9.01. The highest BCUT2D eigenvalue weighted by molar-refractivity contribution is 5.91. The van der Waals surface area contributed by atoms with E-state index in [0.29, 0.717) is 24.2 Å². The van der Waals surface area contributed by atoms with Crippen molar-refractivity contribution in [1.82, 2.24) is 20.0 Å². The van der Waals surface area contributed by atoms with Gasteiger partial charge in [-0.3, -0.25) is 14.5 Å². The molecule has 1 fully saturated rings. The molecule has 6 heteroatoms. The number of fused-ring (bicyclic) bond motifs is 1. The number of likely N-dealkylation sites (tertiary alicyclic amines) is 1. The number of amides is 1. The molecule has 152 valence electrons. The highest BCUT2D eigenvalue weighted by Gasteiger charge is 2.29. The number of hydrogen-bond acceptors (Lipinski definition) is 4. The van der Waals surface area contributed by atoms with Crippen molar-refractivity contribution in [3.63, 3.8) is 0 Å². The van der Waals surface area contributed by atoms with Gasteiger partial charge in [0.15, 0.2) is 0 Å². The zero-order valence-corrected chi connectivity index (χ0v) is 17.5. The second-order valence-corrected chi connectivity index (χ2v) is 8.35. The summed E-state index contributed by atoms with van der Waals surface area (Å²) < 4.78 is 1.44. The molecule has 0 radical (unpaired) electrons. The van der Waals surface area contributed by atoms with Crippen LogP contribution in [0.25, 0.3) is 10.8 Å². The van der Waals surface area contributed by atoms with Gasteiger partial charge in [0.2, 0.25) is 5.91 Å². The number of aromatic nitrogens is 2. The lowest BCUT2D eigenvalue weighted by Gasteiger charge is -2.41.